The molecule has 0 aliphatic rings. The van der Waals surface area contributed by atoms with Gasteiger partial charge in [-0.3, -0.25) is 10.1 Å². The van der Waals surface area contributed by atoms with E-state index in [0.29, 0.717) is 10.8 Å². The maximum atomic E-state index is 13.4. The SMILES string of the molecule is O=C(COc1ccc(Br)cc1Cl)NC(=O)Nc1ccccc1F. The van der Waals surface area contributed by atoms with Crippen LogP contribution in [-0.4, -0.2) is 18.5 Å². The second-order valence-electron chi connectivity index (χ2n) is 4.35. The van der Waals surface area contributed by atoms with Crippen LogP contribution in [0.3, 0.4) is 0 Å². The predicted molar refractivity (Wildman–Crippen MR) is 88.2 cm³/mol. The summed E-state index contributed by atoms with van der Waals surface area (Å²) in [6.45, 7) is -0.411. The van der Waals surface area contributed by atoms with Crippen molar-refractivity contribution in [2.45, 2.75) is 0 Å². The summed E-state index contributed by atoms with van der Waals surface area (Å²) in [6, 6.07) is 9.64. The molecule has 2 aromatic rings. The minimum Gasteiger partial charge on any atom is -0.482 e. The zero-order valence-corrected chi connectivity index (χ0v) is 13.9. The van der Waals surface area contributed by atoms with E-state index in [4.69, 9.17) is 16.3 Å². The maximum Gasteiger partial charge on any atom is 0.326 e. The average molecular weight is 402 g/mol. The average Bonchev–Trinajstić information content (AvgIpc) is 2.48. The van der Waals surface area contributed by atoms with Crippen LogP contribution in [0.4, 0.5) is 14.9 Å². The number of carbonyl (C=O) groups excluding carboxylic acids is 2. The second-order valence-corrected chi connectivity index (χ2v) is 5.67. The van der Waals surface area contributed by atoms with Gasteiger partial charge in [-0.25, -0.2) is 9.18 Å². The molecule has 5 nitrogen and oxygen atoms in total. The number of ether oxygens (including phenoxy) is 1. The van der Waals surface area contributed by atoms with Gasteiger partial charge in [-0.05, 0) is 30.3 Å². The van der Waals surface area contributed by atoms with Crippen molar-refractivity contribution in [1.82, 2.24) is 5.32 Å². The Balaban J connectivity index is 1.85. The van der Waals surface area contributed by atoms with Gasteiger partial charge in [0, 0.05) is 4.47 Å². The molecule has 0 fully saturated rings. The van der Waals surface area contributed by atoms with E-state index in [-0.39, 0.29) is 5.69 Å². The first-order valence-electron chi connectivity index (χ1n) is 6.39. The van der Waals surface area contributed by atoms with Crippen LogP contribution in [0.25, 0.3) is 0 Å². The van der Waals surface area contributed by atoms with E-state index >= 15 is 0 Å². The number of rotatable bonds is 4. The van der Waals surface area contributed by atoms with Crippen molar-refractivity contribution in [3.05, 3.63) is 57.8 Å². The highest BCUT2D eigenvalue weighted by atomic mass is 79.9. The molecule has 120 valence electrons. The molecular weight excluding hydrogens is 391 g/mol. The number of nitrogens with one attached hydrogen (secondary N) is 2. The minimum atomic E-state index is -0.856. The molecule has 0 bridgehead atoms. The van der Waals surface area contributed by atoms with E-state index in [2.05, 4.69) is 21.2 Å². The number of halogens is 3. The van der Waals surface area contributed by atoms with E-state index in [1.165, 1.54) is 18.2 Å². The Morgan fingerprint density at radius 1 is 1.22 bits per heavy atom. The number of hydrogen-bond acceptors (Lipinski definition) is 3. The van der Waals surface area contributed by atoms with Crippen molar-refractivity contribution in [1.29, 1.82) is 0 Å². The van der Waals surface area contributed by atoms with Gasteiger partial charge < -0.3 is 10.1 Å². The van der Waals surface area contributed by atoms with E-state index in [1.54, 1.807) is 24.3 Å². The Morgan fingerprint density at radius 3 is 2.65 bits per heavy atom. The van der Waals surface area contributed by atoms with Gasteiger partial charge in [0.2, 0.25) is 0 Å². The fraction of sp³-hybridized carbons (Fsp3) is 0.0667. The Bertz CT molecular complexity index is 742. The number of hydrogen-bond donors (Lipinski definition) is 2. The largest absolute Gasteiger partial charge is 0.482 e. The molecule has 0 saturated carbocycles. The molecule has 2 aromatic carbocycles. The Labute approximate surface area is 144 Å². The first-order chi connectivity index (χ1) is 11.0. The van der Waals surface area contributed by atoms with Gasteiger partial charge in [-0.15, -0.1) is 0 Å². The molecule has 23 heavy (non-hydrogen) atoms. The molecule has 0 atom stereocenters. The molecular formula is C15H11BrClFN2O3. The summed E-state index contributed by atoms with van der Waals surface area (Å²) in [5, 5.41) is 4.57. The predicted octanol–water partition coefficient (Wildman–Crippen LogP) is 3.97. The smallest absolute Gasteiger partial charge is 0.326 e. The molecule has 0 aliphatic carbocycles. The molecule has 0 aromatic heterocycles. The molecule has 0 unspecified atom stereocenters. The Hall–Kier alpha value is -2.12. The van der Waals surface area contributed by atoms with Crippen molar-refractivity contribution in [2.75, 3.05) is 11.9 Å². The van der Waals surface area contributed by atoms with Crippen LogP contribution in [-0.2, 0) is 4.79 Å². The highest BCUT2D eigenvalue weighted by Crippen LogP contribution is 2.27. The van der Waals surface area contributed by atoms with Gasteiger partial charge in [0.05, 0.1) is 10.7 Å². The molecule has 2 N–H and O–H groups in total. The molecule has 8 heteroatoms. The van der Waals surface area contributed by atoms with Gasteiger partial charge in [-0.2, -0.15) is 0 Å². The first-order valence-corrected chi connectivity index (χ1v) is 7.56. The highest BCUT2D eigenvalue weighted by molar-refractivity contribution is 9.10. The van der Waals surface area contributed by atoms with Crippen LogP contribution >= 0.6 is 27.5 Å². The molecule has 0 radical (unpaired) electrons. The number of para-hydroxylation sites is 1. The fourth-order valence-electron chi connectivity index (χ4n) is 1.61. The van der Waals surface area contributed by atoms with Crippen LogP contribution in [0, 0.1) is 5.82 Å². The quantitative estimate of drug-likeness (QED) is 0.815. The standard InChI is InChI=1S/C15H11BrClFN2O3/c16-9-5-6-13(10(17)7-9)23-8-14(21)20-15(22)19-12-4-2-1-3-11(12)18/h1-7H,8H2,(H2,19,20,21,22). The molecule has 0 spiro atoms. The summed E-state index contributed by atoms with van der Waals surface area (Å²) >= 11 is 9.18. The normalized spacial score (nSPS) is 10.0. The third-order valence-corrected chi connectivity index (χ3v) is 3.42. The zero-order chi connectivity index (χ0) is 16.8. The fourth-order valence-corrected chi connectivity index (χ4v) is 2.34. The summed E-state index contributed by atoms with van der Waals surface area (Å²) in [4.78, 5) is 23.2. The van der Waals surface area contributed by atoms with Crippen molar-refractivity contribution >= 4 is 45.2 Å². The van der Waals surface area contributed by atoms with E-state index in [1.807, 2.05) is 5.32 Å². The number of imide groups is 1. The second kappa shape index (κ2) is 7.94. The lowest BCUT2D eigenvalue weighted by Gasteiger charge is -2.09. The summed E-state index contributed by atoms with van der Waals surface area (Å²) in [5.74, 6) is -0.995. The highest BCUT2D eigenvalue weighted by Gasteiger charge is 2.11. The van der Waals surface area contributed by atoms with Crippen molar-refractivity contribution < 1.29 is 18.7 Å². The van der Waals surface area contributed by atoms with Crippen molar-refractivity contribution in [3.8, 4) is 5.75 Å². The van der Waals surface area contributed by atoms with Crippen LogP contribution in [0.5, 0.6) is 5.75 Å². The number of anilines is 1. The monoisotopic (exact) mass is 400 g/mol. The van der Waals surface area contributed by atoms with Crippen molar-refractivity contribution in [2.24, 2.45) is 0 Å². The lowest BCUT2D eigenvalue weighted by Crippen LogP contribution is -2.37. The van der Waals surface area contributed by atoms with Crippen LogP contribution < -0.4 is 15.4 Å². The molecule has 0 aliphatic heterocycles. The topological polar surface area (TPSA) is 67.4 Å². The first kappa shape index (κ1) is 17.2. The van der Waals surface area contributed by atoms with E-state index in [0.717, 1.165) is 4.47 Å². The summed E-state index contributed by atoms with van der Waals surface area (Å²) < 4.78 is 19.3. The van der Waals surface area contributed by atoms with Gasteiger partial charge >= 0.3 is 6.03 Å². The lowest BCUT2D eigenvalue weighted by atomic mass is 10.3. The van der Waals surface area contributed by atoms with Crippen LogP contribution in [0.2, 0.25) is 5.02 Å². The number of amides is 3. The maximum absolute atomic E-state index is 13.4. The van der Waals surface area contributed by atoms with Gasteiger partial charge in [-0.1, -0.05) is 39.7 Å². The number of urea groups is 1. The van der Waals surface area contributed by atoms with Crippen LogP contribution in [0.1, 0.15) is 0 Å². The summed E-state index contributed by atoms with van der Waals surface area (Å²) in [6.07, 6.45) is 0. The molecule has 0 saturated heterocycles. The third kappa shape index (κ3) is 5.22. The van der Waals surface area contributed by atoms with E-state index in [9.17, 15) is 14.0 Å². The number of benzene rings is 2. The Kier molecular flexibility index (Phi) is 5.95. The number of carbonyl (C=O) groups is 2. The van der Waals surface area contributed by atoms with E-state index < -0.39 is 24.4 Å². The molecule has 3 amide bonds. The Morgan fingerprint density at radius 2 is 1.96 bits per heavy atom. The molecule has 2 rings (SSSR count). The lowest BCUT2D eigenvalue weighted by molar-refractivity contribution is -0.121. The van der Waals surface area contributed by atoms with Gasteiger partial charge in [0.25, 0.3) is 5.91 Å². The van der Waals surface area contributed by atoms with Gasteiger partial charge in [0.15, 0.2) is 6.61 Å². The van der Waals surface area contributed by atoms with Crippen LogP contribution in [0.15, 0.2) is 46.9 Å². The third-order valence-electron chi connectivity index (χ3n) is 2.63. The zero-order valence-electron chi connectivity index (χ0n) is 11.6. The van der Waals surface area contributed by atoms with Crippen molar-refractivity contribution in [3.63, 3.8) is 0 Å². The summed E-state index contributed by atoms with van der Waals surface area (Å²) in [5.41, 5.74) is -0.0327. The summed E-state index contributed by atoms with van der Waals surface area (Å²) in [7, 11) is 0. The van der Waals surface area contributed by atoms with Gasteiger partial charge in [0.1, 0.15) is 11.6 Å². The minimum absolute atomic E-state index is 0.0327. The molecule has 0 heterocycles.